The lowest BCUT2D eigenvalue weighted by atomic mass is 10.4. The maximum atomic E-state index is 6.80. The smallest absolute Gasteiger partial charge is 0.205 e. The Balaban J connectivity index is 4.68. The van der Waals surface area contributed by atoms with Crippen LogP contribution in [0.25, 0.3) is 0 Å². The van der Waals surface area contributed by atoms with Gasteiger partial charge in [-0.25, -0.2) is 0 Å². The summed E-state index contributed by atoms with van der Waals surface area (Å²) in [5, 5.41) is 6.80. The van der Waals surface area contributed by atoms with Crippen molar-refractivity contribution in [1.29, 1.82) is 5.41 Å². The summed E-state index contributed by atoms with van der Waals surface area (Å²) in [4.78, 5) is 3.89. The lowest BCUT2D eigenvalue weighted by Gasteiger charge is -2.27. The first-order valence-corrected chi connectivity index (χ1v) is 3.47. The van der Waals surface area contributed by atoms with Crippen molar-refractivity contribution in [2.24, 2.45) is 4.99 Å². The molecule has 0 amide bonds. The number of hydrogen-bond acceptors (Lipinski definition) is 1. The van der Waals surface area contributed by atoms with Crippen LogP contribution in [0.15, 0.2) is 17.3 Å². The van der Waals surface area contributed by atoms with Crippen LogP contribution < -0.4 is 0 Å². The zero-order valence-corrected chi connectivity index (χ0v) is 7.68. The van der Waals surface area contributed by atoms with Crippen molar-refractivity contribution in [2.75, 3.05) is 14.1 Å². The van der Waals surface area contributed by atoms with Gasteiger partial charge in [0.05, 0.1) is 14.1 Å². The summed E-state index contributed by atoms with van der Waals surface area (Å²) in [5.41, 5.74) is 1.01. The van der Waals surface area contributed by atoms with Crippen LogP contribution in [0, 0.1) is 5.41 Å². The number of hydrogen-bond donors (Lipinski definition) is 1. The molecule has 0 bridgehead atoms. The highest BCUT2D eigenvalue weighted by atomic mass is 15.3. The second kappa shape index (κ2) is 3.44. The van der Waals surface area contributed by atoms with Crippen LogP contribution in [0.1, 0.15) is 13.8 Å². The lowest BCUT2D eigenvalue weighted by Crippen LogP contribution is -2.41. The third-order valence-electron chi connectivity index (χ3n) is 2.01. The van der Waals surface area contributed by atoms with E-state index in [2.05, 4.69) is 11.6 Å². The van der Waals surface area contributed by atoms with Crippen molar-refractivity contribution in [1.82, 2.24) is 0 Å². The lowest BCUT2D eigenvalue weighted by molar-refractivity contribution is -0.757. The molecule has 0 radical (unpaired) electrons. The van der Waals surface area contributed by atoms with E-state index in [1.54, 1.807) is 0 Å². The molecule has 0 atom stereocenters. The van der Waals surface area contributed by atoms with Gasteiger partial charge in [-0.15, -0.1) is 0 Å². The Bertz CT molecular complexity index is 201. The molecule has 0 aromatic heterocycles. The maximum absolute atomic E-state index is 6.80. The van der Waals surface area contributed by atoms with Gasteiger partial charge >= 0.3 is 0 Å². The Morgan fingerprint density at radius 3 is 2.18 bits per heavy atom. The van der Waals surface area contributed by atoms with E-state index < -0.39 is 0 Å². The fraction of sp³-hybridized carbons (Fsp3) is 0.500. The normalized spacial score (nSPS) is 12.9. The molecule has 3 heteroatoms. The third-order valence-corrected chi connectivity index (χ3v) is 2.01. The minimum absolute atomic E-state index is 0.551. The van der Waals surface area contributed by atoms with E-state index in [4.69, 9.17) is 5.41 Å². The summed E-state index contributed by atoms with van der Waals surface area (Å²) in [6, 6.07) is 0. The number of rotatable bonds is 2. The minimum Gasteiger partial charge on any atom is -0.289 e. The van der Waals surface area contributed by atoms with Gasteiger partial charge in [0, 0.05) is 13.8 Å². The van der Waals surface area contributed by atoms with Crippen LogP contribution >= 0.6 is 0 Å². The molecule has 0 spiro atoms. The zero-order valence-electron chi connectivity index (χ0n) is 7.68. The van der Waals surface area contributed by atoms with Crippen molar-refractivity contribution in [3.05, 3.63) is 12.3 Å². The van der Waals surface area contributed by atoms with Crippen LogP contribution in [-0.2, 0) is 0 Å². The van der Waals surface area contributed by atoms with E-state index >= 15 is 0 Å². The van der Waals surface area contributed by atoms with Crippen molar-refractivity contribution in [3.8, 4) is 0 Å². The molecule has 0 aliphatic rings. The predicted molar refractivity (Wildman–Crippen MR) is 48.8 cm³/mol. The fourth-order valence-electron chi connectivity index (χ4n) is 0.514. The Morgan fingerprint density at radius 2 is 1.91 bits per heavy atom. The summed E-state index contributed by atoms with van der Waals surface area (Å²) >= 11 is 0. The molecule has 11 heavy (non-hydrogen) atoms. The molecule has 3 nitrogen and oxygen atoms in total. The number of aliphatic imine (C=N–C) groups is 1. The number of amidine groups is 1. The van der Waals surface area contributed by atoms with Gasteiger partial charge in [-0.1, -0.05) is 0 Å². The molecule has 0 saturated carbocycles. The van der Waals surface area contributed by atoms with E-state index in [1.807, 2.05) is 27.9 Å². The summed E-state index contributed by atoms with van der Waals surface area (Å²) in [7, 11) is 3.98. The summed E-state index contributed by atoms with van der Waals surface area (Å²) in [6.45, 7) is 7.68. The number of quaternary nitrogens is 1. The molecular weight excluding hydrogens is 138 g/mol. The number of allylic oxidation sites excluding steroid dienone is 1. The molecule has 0 heterocycles. The quantitative estimate of drug-likeness (QED) is 0.356. The zero-order chi connectivity index (χ0) is 9.07. The van der Waals surface area contributed by atoms with Crippen molar-refractivity contribution in [3.63, 3.8) is 0 Å². The molecule has 0 fully saturated rings. The molecule has 0 aliphatic heterocycles. The minimum atomic E-state index is 0.551. The van der Waals surface area contributed by atoms with E-state index in [0.29, 0.717) is 4.48 Å². The molecule has 0 aliphatic carbocycles. The van der Waals surface area contributed by atoms with Crippen molar-refractivity contribution >= 4 is 12.2 Å². The Kier molecular flexibility index (Phi) is 3.14. The monoisotopic (exact) mass is 154 g/mol. The summed E-state index contributed by atoms with van der Waals surface area (Å²) < 4.78 is 0.551. The van der Waals surface area contributed by atoms with Crippen LogP contribution in [0.3, 0.4) is 0 Å². The van der Waals surface area contributed by atoms with Gasteiger partial charge in [0.1, 0.15) is 12.0 Å². The SMILES string of the molecule is C=C(C)[N+](C)(C)C(C)=NC=N. The van der Waals surface area contributed by atoms with Crippen molar-refractivity contribution < 1.29 is 4.48 Å². The Labute approximate surface area is 68.2 Å². The van der Waals surface area contributed by atoms with Gasteiger partial charge in [0.2, 0.25) is 5.84 Å². The van der Waals surface area contributed by atoms with Gasteiger partial charge in [0.25, 0.3) is 0 Å². The van der Waals surface area contributed by atoms with Gasteiger partial charge in [-0.3, -0.25) is 9.89 Å². The van der Waals surface area contributed by atoms with E-state index in [-0.39, 0.29) is 0 Å². The maximum Gasteiger partial charge on any atom is 0.205 e. The highest BCUT2D eigenvalue weighted by molar-refractivity contribution is 5.81. The summed E-state index contributed by atoms with van der Waals surface area (Å²) in [5.74, 6) is 0.868. The van der Waals surface area contributed by atoms with Crippen LogP contribution in [0.5, 0.6) is 0 Å². The van der Waals surface area contributed by atoms with Gasteiger partial charge in [-0.2, -0.15) is 4.99 Å². The van der Waals surface area contributed by atoms with Crippen molar-refractivity contribution in [2.45, 2.75) is 13.8 Å². The van der Waals surface area contributed by atoms with E-state index in [9.17, 15) is 0 Å². The molecular formula is C8H16N3+. The second-order valence-electron chi connectivity index (χ2n) is 2.99. The average molecular weight is 154 g/mol. The van der Waals surface area contributed by atoms with Crippen LogP contribution in [0.2, 0.25) is 0 Å². The Hall–Kier alpha value is -0.960. The molecule has 0 unspecified atom stereocenters. The molecule has 0 aromatic carbocycles. The largest absolute Gasteiger partial charge is 0.289 e. The van der Waals surface area contributed by atoms with Gasteiger partial charge in [0.15, 0.2) is 0 Å². The van der Waals surface area contributed by atoms with E-state index in [0.717, 1.165) is 17.9 Å². The van der Waals surface area contributed by atoms with E-state index in [1.165, 1.54) is 0 Å². The topological polar surface area (TPSA) is 36.2 Å². The highest BCUT2D eigenvalue weighted by Gasteiger charge is 2.20. The van der Waals surface area contributed by atoms with Crippen LogP contribution in [0.4, 0.5) is 0 Å². The summed E-state index contributed by atoms with van der Waals surface area (Å²) in [6.07, 6.45) is 1.05. The first-order chi connectivity index (χ1) is 4.92. The fourth-order valence-corrected chi connectivity index (χ4v) is 0.514. The second-order valence-corrected chi connectivity index (χ2v) is 2.99. The number of nitrogens with one attached hydrogen (secondary N) is 1. The average Bonchev–Trinajstić information content (AvgIpc) is 1.88. The molecule has 1 N–H and O–H groups in total. The van der Waals surface area contributed by atoms with Crippen LogP contribution in [-0.4, -0.2) is 30.8 Å². The number of nitrogens with zero attached hydrogens (tertiary/aromatic N) is 2. The first kappa shape index (κ1) is 10.0. The third kappa shape index (κ3) is 2.27. The van der Waals surface area contributed by atoms with Gasteiger partial charge in [-0.05, 0) is 6.58 Å². The first-order valence-electron chi connectivity index (χ1n) is 3.47. The standard InChI is InChI=1S/C8H16N3/c1-7(2)11(4,5)8(3)10-6-9/h6,9H,1H2,2-5H3/q+1. The molecule has 0 saturated heterocycles. The molecule has 0 rings (SSSR count). The molecule has 0 aromatic rings. The molecule has 62 valence electrons. The van der Waals surface area contributed by atoms with Gasteiger partial charge < -0.3 is 0 Å². The predicted octanol–water partition coefficient (Wildman–Crippen LogP) is 1.62. The highest BCUT2D eigenvalue weighted by Crippen LogP contribution is 2.08. The Morgan fingerprint density at radius 1 is 1.45 bits per heavy atom.